The van der Waals surface area contributed by atoms with Gasteiger partial charge >= 0.3 is 26.7 Å². The summed E-state index contributed by atoms with van der Waals surface area (Å²) in [5.74, 6) is 0. The third kappa shape index (κ3) is 12.0. The molecular formula is C3H10LiO4P. The molecule has 0 bridgehead atoms. The van der Waals surface area contributed by atoms with E-state index in [1.165, 1.54) is 0 Å². The molecule has 0 unspecified atom stereocenters. The van der Waals surface area contributed by atoms with Crippen molar-refractivity contribution >= 4 is 7.82 Å². The van der Waals surface area contributed by atoms with E-state index in [2.05, 4.69) is 4.52 Å². The Bertz CT molecular complexity index is 105. The summed E-state index contributed by atoms with van der Waals surface area (Å²) in [6, 6.07) is 0. The topological polar surface area (TPSA) is 66.8 Å². The van der Waals surface area contributed by atoms with Crippen LogP contribution in [0.2, 0.25) is 0 Å². The van der Waals surface area contributed by atoms with Gasteiger partial charge in [-0.3, -0.25) is 4.52 Å². The summed E-state index contributed by atoms with van der Waals surface area (Å²) in [7, 11) is -4.18. The van der Waals surface area contributed by atoms with E-state index in [1.807, 2.05) is 0 Å². The van der Waals surface area contributed by atoms with Gasteiger partial charge in [0.25, 0.3) is 0 Å². The number of hydrogen-bond donors (Lipinski definition) is 2. The monoisotopic (exact) mass is 148 g/mol. The second-order valence-corrected chi connectivity index (χ2v) is 2.56. The van der Waals surface area contributed by atoms with E-state index in [0.29, 0.717) is 6.42 Å². The van der Waals surface area contributed by atoms with Crippen LogP contribution in [0.5, 0.6) is 0 Å². The molecule has 0 rings (SSSR count). The molecule has 0 amide bonds. The van der Waals surface area contributed by atoms with Gasteiger partial charge in [-0.05, 0) is 6.42 Å². The van der Waals surface area contributed by atoms with Crippen LogP contribution in [0.15, 0.2) is 0 Å². The summed E-state index contributed by atoms with van der Waals surface area (Å²) in [5, 5.41) is 0. The molecule has 0 fully saturated rings. The molecule has 0 spiro atoms. The van der Waals surface area contributed by atoms with Gasteiger partial charge in [0.2, 0.25) is 0 Å². The third-order valence-corrected chi connectivity index (χ3v) is 0.983. The van der Waals surface area contributed by atoms with E-state index in [1.54, 1.807) is 6.92 Å². The molecule has 0 aliphatic carbocycles. The SMILES string of the molecule is CCCOP(=O)(O)O.[H-].[Li+]. The Kier molecular flexibility index (Phi) is 7.56. The van der Waals surface area contributed by atoms with Crippen molar-refractivity contribution in [3.63, 3.8) is 0 Å². The van der Waals surface area contributed by atoms with Crippen molar-refractivity contribution in [2.24, 2.45) is 0 Å². The zero-order valence-corrected chi connectivity index (χ0v) is 6.47. The van der Waals surface area contributed by atoms with Gasteiger partial charge in [0, 0.05) is 0 Å². The van der Waals surface area contributed by atoms with Gasteiger partial charge in [-0.1, -0.05) is 6.92 Å². The van der Waals surface area contributed by atoms with Crippen molar-refractivity contribution in [2.75, 3.05) is 6.61 Å². The largest absolute Gasteiger partial charge is 1.00 e. The first-order chi connectivity index (χ1) is 3.56. The zero-order valence-electron chi connectivity index (χ0n) is 6.57. The van der Waals surface area contributed by atoms with Crippen molar-refractivity contribution in [1.82, 2.24) is 0 Å². The number of hydrogen-bond acceptors (Lipinski definition) is 2. The average Bonchev–Trinajstić information content (AvgIpc) is 1.59. The van der Waals surface area contributed by atoms with Gasteiger partial charge in [0.05, 0.1) is 6.61 Å². The Morgan fingerprint density at radius 2 is 2.11 bits per heavy atom. The van der Waals surface area contributed by atoms with Gasteiger partial charge in [-0.25, -0.2) is 4.57 Å². The summed E-state index contributed by atoms with van der Waals surface area (Å²) in [6.07, 6.45) is 0.616. The van der Waals surface area contributed by atoms with E-state index >= 15 is 0 Å². The summed E-state index contributed by atoms with van der Waals surface area (Å²) < 4.78 is 13.9. The molecular weight excluding hydrogens is 138 g/mol. The molecule has 6 heteroatoms. The fourth-order valence-corrected chi connectivity index (χ4v) is 0.631. The zero-order chi connectivity index (χ0) is 6.62. The van der Waals surface area contributed by atoms with Crippen LogP contribution < -0.4 is 18.9 Å². The number of rotatable bonds is 3. The van der Waals surface area contributed by atoms with Crippen molar-refractivity contribution in [1.29, 1.82) is 0 Å². The van der Waals surface area contributed by atoms with Crippen LogP contribution in [0, 0.1) is 0 Å². The molecule has 9 heavy (non-hydrogen) atoms. The van der Waals surface area contributed by atoms with E-state index in [4.69, 9.17) is 9.79 Å². The Balaban J connectivity index is -0.000000245. The van der Waals surface area contributed by atoms with Crippen molar-refractivity contribution in [2.45, 2.75) is 13.3 Å². The first kappa shape index (κ1) is 12.4. The molecule has 0 aromatic rings. The minimum atomic E-state index is -4.18. The predicted octanol–water partition coefficient (Wildman–Crippen LogP) is -2.38. The molecule has 52 valence electrons. The van der Waals surface area contributed by atoms with Crippen LogP contribution in [-0.4, -0.2) is 16.4 Å². The standard InChI is InChI=1S/C3H9O4P.Li.H/c1-2-3-7-8(4,5)6;;/h2-3H2,1H3,(H2,4,5,6);;/q;+1;-1. The van der Waals surface area contributed by atoms with Gasteiger partial charge in [-0.2, -0.15) is 0 Å². The maximum absolute atomic E-state index is 9.86. The van der Waals surface area contributed by atoms with Crippen LogP contribution in [0.1, 0.15) is 14.8 Å². The van der Waals surface area contributed by atoms with Gasteiger partial charge < -0.3 is 11.2 Å². The number of phosphoric ester groups is 1. The molecule has 0 atom stereocenters. The fourth-order valence-electron chi connectivity index (χ4n) is 0.210. The van der Waals surface area contributed by atoms with E-state index in [-0.39, 0.29) is 26.9 Å². The van der Waals surface area contributed by atoms with E-state index in [9.17, 15) is 4.57 Å². The van der Waals surface area contributed by atoms with Crippen LogP contribution in [0.3, 0.4) is 0 Å². The smallest absolute Gasteiger partial charge is 1.00 e. The first-order valence-electron chi connectivity index (χ1n) is 2.26. The molecule has 0 aromatic heterocycles. The Hall–Kier alpha value is 0.707. The molecule has 0 saturated heterocycles. The van der Waals surface area contributed by atoms with Gasteiger partial charge in [-0.15, -0.1) is 0 Å². The minimum absolute atomic E-state index is 0. The Morgan fingerprint density at radius 1 is 1.67 bits per heavy atom. The Labute approximate surface area is 67.5 Å². The second kappa shape index (κ2) is 5.49. The van der Waals surface area contributed by atoms with Crippen molar-refractivity contribution in [3.8, 4) is 0 Å². The van der Waals surface area contributed by atoms with E-state index < -0.39 is 7.82 Å². The number of phosphoric acid groups is 1. The molecule has 2 N–H and O–H groups in total. The van der Waals surface area contributed by atoms with E-state index in [0.717, 1.165) is 0 Å². The maximum atomic E-state index is 9.86. The summed E-state index contributed by atoms with van der Waals surface area (Å²) in [6.45, 7) is 1.89. The van der Waals surface area contributed by atoms with Crippen LogP contribution in [0.4, 0.5) is 0 Å². The van der Waals surface area contributed by atoms with Gasteiger partial charge in [0.15, 0.2) is 0 Å². The first-order valence-corrected chi connectivity index (χ1v) is 3.79. The third-order valence-electron chi connectivity index (χ3n) is 0.464. The minimum Gasteiger partial charge on any atom is -1.00 e. The summed E-state index contributed by atoms with van der Waals surface area (Å²) in [4.78, 5) is 16.1. The molecule has 0 saturated carbocycles. The van der Waals surface area contributed by atoms with Crippen LogP contribution in [-0.2, 0) is 9.09 Å². The molecule has 0 radical (unpaired) electrons. The average molecular weight is 148 g/mol. The maximum Gasteiger partial charge on any atom is 1.00 e. The molecule has 4 nitrogen and oxygen atoms in total. The molecule has 0 aliphatic rings. The normalized spacial score (nSPS) is 10.6. The Morgan fingerprint density at radius 3 is 2.22 bits per heavy atom. The van der Waals surface area contributed by atoms with Crippen molar-refractivity contribution in [3.05, 3.63) is 0 Å². The summed E-state index contributed by atoms with van der Waals surface area (Å²) >= 11 is 0. The van der Waals surface area contributed by atoms with Crippen LogP contribution >= 0.6 is 7.82 Å². The predicted molar refractivity (Wildman–Crippen MR) is 29.4 cm³/mol. The van der Waals surface area contributed by atoms with Gasteiger partial charge in [0.1, 0.15) is 0 Å². The van der Waals surface area contributed by atoms with Crippen molar-refractivity contribution < 1.29 is 39.2 Å². The van der Waals surface area contributed by atoms with Crippen LogP contribution in [0.25, 0.3) is 0 Å². The summed E-state index contributed by atoms with van der Waals surface area (Å²) in [5.41, 5.74) is 0. The second-order valence-electron chi connectivity index (χ2n) is 1.32. The fraction of sp³-hybridized carbons (Fsp3) is 1.00. The molecule has 0 aliphatic heterocycles. The quantitative estimate of drug-likeness (QED) is 0.346. The molecule has 0 aromatic carbocycles. The molecule has 0 heterocycles.